The second-order valence-electron chi connectivity index (χ2n) is 3.42. The summed E-state index contributed by atoms with van der Waals surface area (Å²) in [6, 6.07) is 15.0. The van der Waals surface area contributed by atoms with Crippen LogP contribution in [0.15, 0.2) is 64.7 Å². The highest BCUT2D eigenvalue weighted by molar-refractivity contribution is 8.03. The average molecular weight is 248 g/mol. The third-order valence-electron chi connectivity index (χ3n) is 2.11. The van der Waals surface area contributed by atoms with E-state index >= 15 is 0 Å². The Hall–Kier alpha value is -1.61. The fourth-order valence-electron chi connectivity index (χ4n) is 1.32. The Balaban J connectivity index is 2.09. The summed E-state index contributed by atoms with van der Waals surface area (Å²) in [6.07, 6.45) is 1.45. The van der Waals surface area contributed by atoms with E-state index < -0.39 is 0 Å². The maximum Gasteiger partial charge on any atom is 0.161 e. The number of thioether (sulfide) groups is 1. The maximum atomic E-state index is 13.6. The van der Waals surface area contributed by atoms with Crippen molar-refractivity contribution in [1.29, 1.82) is 0 Å². The molecule has 0 heterocycles. The van der Waals surface area contributed by atoms with Crippen LogP contribution >= 0.6 is 11.8 Å². The van der Waals surface area contributed by atoms with Crippen molar-refractivity contribution in [3.63, 3.8) is 0 Å². The molecule has 3 heteroatoms. The van der Waals surface area contributed by atoms with Gasteiger partial charge in [-0.15, -0.1) is 0 Å². The lowest BCUT2D eigenvalue weighted by Crippen LogP contribution is -1.75. The molecule has 0 unspecified atom stereocenters. The fourth-order valence-corrected chi connectivity index (χ4v) is 2.02. The van der Waals surface area contributed by atoms with E-state index in [9.17, 15) is 8.78 Å². The molecule has 2 aromatic carbocycles. The Bertz CT molecular complexity index is 504. The number of hydrogen-bond acceptors (Lipinski definition) is 1. The molecule has 0 aromatic heterocycles. The Morgan fingerprint density at radius 1 is 0.941 bits per heavy atom. The molecule has 2 aromatic rings. The van der Waals surface area contributed by atoms with Crippen LogP contribution in [0.25, 0.3) is 6.08 Å². The number of halogens is 2. The van der Waals surface area contributed by atoms with Crippen molar-refractivity contribution < 1.29 is 8.78 Å². The second-order valence-corrected chi connectivity index (χ2v) is 4.48. The van der Waals surface area contributed by atoms with Crippen molar-refractivity contribution in [2.75, 3.05) is 0 Å². The van der Waals surface area contributed by atoms with Crippen LogP contribution < -0.4 is 0 Å². The first-order valence-corrected chi connectivity index (χ1v) is 5.91. The highest BCUT2D eigenvalue weighted by Gasteiger charge is 2.00. The van der Waals surface area contributed by atoms with Crippen LogP contribution in [0.3, 0.4) is 0 Å². The van der Waals surface area contributed by atoms with Crippen LogP contribution in [-0.4, -0.2) is 0 Å². The Morgan fingerprint density at radius 2 is 1.59 bits per heavy atom. The third-order valence-corrected chi connectivity index (χ3v) is 2.93. The van der Waals surface area contributed by atoms with Crippen LogP contribution in [-0.2, 0) is 0 Å². The van der Waals surface area contributed by atoms with Gasteiger partial charge in [-0.3, -0.25) is 0 Å². The highest BCUT2D eigenvalue weighted by Crippen LogP contribution is 2.29. The molecule has 86 valence electrons. The summed E-state index contributed by atoms with van der Waals surface area (Å²) in [5, 5.41) is -0.317. The Labute approximate surface area is 103 Å². The van der Waals surface area contributed by atoms with Gasteiger partial charge in [-0.05, 0) is 35.9 Å². The lowest BCUT2D eigenvalue weighted by molar-refractivity contribution is 0.626. The fraction of sp³-hybridized carbons (Fsp3) is 0. The molecule has 0 saturated carbocycles. The van der Waals surface area contributed by atoms with Gasteiger partial charge in [0.05, 0.1) is 0 Å². The minimum atomic E-state index is -0.318. The molecule has 0 nitrogen and oxygen atoms in total. The van der Waals surface area contributed by atoms with Crippen molar-refractivity contribution in [2.24, 2.45) is 0 Å². The van der Waals surface area contributed by atoms with E-state index in [1.165, 1.54) is 18.2 Å². The summed E-state index contributed by atoms with van der Waals surface area (Å²) >= 11 is 0.975. The topological polar surface area (TPSA) is 0 Å². The molecule has 0 bridgehead atoms. The monoisotopic (exact) mass is 248 g/mol. The van der Waals surface area contributed by atoms with Crippen molar-refractivity contribution in [2.45, 2.75) is 4.90 Å². The minimum absolute atomic E-state index is 0.317. The van der Waals surface area contributed by atoms with Gasteiger partial charge < -0.3 is 0 Å². The van der Waals surface area contributed by atoms with Crippen molar-refractivity contribution in [1.82, 2.24) is 0 Å². The zero-order valence-electron chi connectivity index (χ0n) is 8.94. The standard InChI is InChI=1S/C14H10F2S/c15-12-6-8-13(9-7-12)17-14(16)10-11-4-2-1-3-5-11/h1-10H. The van der Waals surface area contributed by atoms with Gasteiger partial charge in [0.25, 0.3) is 0 Å². The van der Waals surface area contributed by atoms with E-state index in [0.29, 0.717) is 4.90 Å². The number of benzene rings is 2. The molecule has 0 saturated heterocycles. The summed E-state index contributed by atoms with van der Waals surface area (Å²) < 4.78 is 26.3. The highest BCUT2D eigenvalue weighted by atomic mass is 32.2. The molecular formula is C14H10F2S. The third kappa shape index (κ3) is 3.71. The van der Waals surface area contributed by atoms with Gasteiger partial charge in [-0.2, -0.15) is 4.39 Å². The van der Waals surface area contributed by atoms with Gasteiger partial charge in [0, 0.05) is 4.90 Å². The normalized spacial score (nSPS) is 11.5. The molecule has 0 N–H and O–H groups in total. The van der Waals surface area contributed by atoms with Gasteiger partial charge in [0.15, 0.2) is 5.16 Å². The first-order valence-electron chi connectivity index (χ1n) is 5.10. The number of hydrogen-bond donors (Lipinski definition) is 0. The average Bonchev–Trinajstić information content (AvgIpc) is 2.33. The smallest absolute Gasteiger partial charge is 0.161 e. The lowest BCUT2D eigenvalue weighted by atomic mass is 10.2. The van der Waals surface area contributed by atoms with Crippen molar-refractivity contribution in [3.05, 3.63) is 71.1 Å². The van der Waals surface area contributed by atoms with Crippen molar-refractivity contribution in [3.8, 4) is 0 Å². The largest absolute Gasteiger partial charge is 0.207 e. The van der Waals surface area contributed by atoms with E-state index in [2.05, 4.69) is 0 Å². The van der Waals surface area contributed by atoms with Crippen LogP contribution in [0, 0.1) is 5.82 Å². The summed E-state index contributed by atoms with van der Waals surface area (Å²) in [6.45, 7) is 0. The van der Waals surface area contributed by atoms with Gasteiger partial charge in [0.1, 0.15) is 5.82 Å². The SMILES string of the molecule is FC(=Cc1ccccc1)Sc1ccc(F)cc1. The summed E-state index contributed by atoms with van der Waals surface area (Å²) in [5.74, 6) is -0.318. The molecule has 0 spiro atoms. The van der Waals surface area contributed by atoms with E-state index in [1.807, 2.05) is 30.3 Å². The van der Waals surface area contributed by atoms with E-state index in [4.69, 9.17) is 0 Å². The van der Waals surface area contributed by atoms with Crippen LogP contribution in [0.4, 0.5) is 8.78 Å². The predicted octanol–water partition coefficient (Wildman–Crippen LogP) is 4.89. The zero-order valence-corrected chi connectivity index (χ0v) is 9.75. The minimum Gasteiger partial charge on any atom is -0.207 e. The maximum absolute atomic E-state index is 13.6. The molecule has 0 atom stereocenters. The van der Waals surface area contributed by atoms with E-state index in [-0.39, 0.29) is 11.0 Å². The lowest BCUT2D eigenvalue weighted by Gasteiger charge is -1.98. The van der Waals surface area contributed by atoms with Gasteiger partial charge in [-0.1, -0.05) is 42.1 Å². The van der Waals surface area contributed by atoms with Gasteiger partial charge in [0.2, 0.25) is 0 Å². The van der Waals surface area contributed by atoms with Gasteiger partial charge in [-0.25, -0.2) is 4.39 Å². The molecule has 0 radical (unpaired) electrons. The molecule has 0 aliphatic carbocycles. The Morgan fingerprint density at radius 3 is 2.24 bits per heavy atom. The summed E-state index contributed by atoms with van der Waals surface area (Å²) in [5.41, 5.74) is 0.805. The van der Waals surface area contributed by atoms with Crippen LogP contribution in [0.2, 0.25) is 0 Å². The molecule has 0 fully saturated rings. The van der Waals surface area contributed by atoms with Crippen LogP contribution in [0.1, 0.15) is 5.56 Å². The number of rotatable bonds is 3. The first-order chi connectivity index (χ1) is 8.24. The van der Waals surface area contributed by atoms with E-state index in [1.54, 1.807) is 12.1 Å². The molecule has 0 amide bonds. The quantitative estimate of drug-likeness (QED) is 0.697. The summed E-state index contributed by atoms with van der Waals surface area (Å²) in [7, 11) is 0. The molecule has 0 aliphatic rings. The molecule has 17 heavy (non-hydrogen) atoms. The zero-order chi connectivity index (χ0) is 12.1. The summed E-state index contributed by atoms with van der Waals surface area (Å²) in [4.78, 5) is 0.677. The first kappa shape index (κ1) is 11.9. The predicted molar refractivity (Wildman–Crippen MR) is 67.8 cm³/mol. The van der Waals surface area contributed by atoms with E-state index in [0.717, 1.165) is 17.3 Å². The van der Waals surface area contributed by atoms with Gasteiger partial charge >= 0.3 is 0 Å². The molecule has 0 aliphatic heterocycles. The van der Waals surface area contributed by atoms with Crippen molar-refractivity contribution >= 4 is 17.8 Å². The Kier molecular flexibility index (Phi) is 3.94. The molecular weight excluding hydrogens is 238 g/mol. The molecule has 2 rings (SSSR count). The van der Waals surface area contributed by atoms with Crippen LogP contribution in [0.5, 0.6) is 0 Å². The second kappa shape index (κ2) is 5.64.